The summed E-state index contributed by atoms with van der Waals surface area (Å²) in [7, 11) is 0. The molecule has 98 valence electrons. The fourth-order valence-electron chi connectivity index (χ4n) is 1.95. The summed E-state index contributed by atoms with van der Waals surface area (Å²) >= 11 is 0. The molecule has 2 aromatic rings. The van der Waals surface area contributed by atoms with Crippen molar-refractivity contribution in [1.82, 2.24) is 9.97 Å². The summed E-state index contributed by atoms with van der Waals surface area (Å²) in [6.07, 6.45) is 1.64. The Balaban J connectivity index is 1.97. The van der Waals surface area contributed by atoms with Gasteiger partial charge in [-0.1, -0.05) is 6.92 Å². The second-order valence-corrected chi connectivity index (χ2v) is 4.69. The van der Waals surface area contributed by atoms with E-state index in [2.05, 4.69) is 16.9 Å². The summed E-state index contributed by atoms with van der Waals surface area (Å²) in [5, 5.41) is 0. The van der Waals surface area contributed by atoms with Crippen LogP contribution in [0.5, 0.6) is 11.5 Å². The molecule has 1 aromatic heterocycles. The molecule has 1 atom stereocenters. The molecule has 0 fully saturated rings. The van der Waals surface area contributed by atoms with E-state index in [0.29, 0.717) is 19.1 Å². The topological polar surface area (TPSA) is 70.3 Å². The Kier molecular flexibility index (Phi) is 2.95. The number of anilines is 1. The van der Waals surface area contributed by atoms with Gasteiger partial charge in [0.2, 0.25) is 5.95 Å². The highest BCUT2D eigenvalue weighted by Gasteiger charge is 2.15. The molecule has 0 amide bonds. The van der Waals surface area contributed by atoms with Crippen LogP contribution < -0.4 is 15.2 Å². The third-order valence-corrected chi connectivity index (χ3v) is 2.96. The van der Waals surface area contributed by atoms with Gasteiger partial charge in [0.15, 0.2) is 11.5 Å². The maximum absolute atomic E-state index is 5.75. The summed E-state index contributed by atoms with van der Waals surface area (Å²) in [6, 6.07) is 7.59. The highest BCUT2D eigenvalue weighted by atomic mass is 16.5. The Morgan fingerprint density at radius 2 is 1.95 bits per heavy atom. The van der Waals surface area contributed by atoms with Crippen molar-refractivity contribution in [3.8, 4) is 22.8 Å². The Morgan fingerprint density at radius 1 is 1.16 bits per heavy atom. The fraction of sp³-hybridized carbons (Fsp3) is 0.286. The number of nitrogen functional groups attached to an aromatic ring is 1. The molecule has 3 rings (SSSR count). The predicted octanol–water partition coefficient (Wildman–Crippen LogP) is 2.13. The molecular formula is C14H15N3O2. The van der Waals surface area contributed by atoms with Gasteiger partial charge in [0, 0.05) is 17.7 Å². The normalized spacial score (nSPS) is 17.8. The third-order valence-electron chi connectivity index (χ3n) is 2.96. The SMILES string of the molecule is CC1COc2ccc(-c3ccnc(N)n3)cc2OC1. The molecule has 5 heteroatoms. The Morgan fingerprint density at radius 3 is 2.74 bits per heavy atom. The van der Waals surface area contributed by atoms with Gasteiger partial charge in [-0.05, 0) is 24.3 Å². The van der Waals surface area contributed by atoms with Crippen LogP contribution in [0, 0.1) is 5.92 Å². The summed E-state index contributed by atoms with van der Waals surface area (Å²) < 4.78 is 11.4. The van der Waals surface area contributed by atoms with E-state index in [4.69, 9.17) is 15.2 Å². The average molecular weight is 257 g/mol. The Hall–Kier alpha value is -2.30. The van der Waals surface area contributed by atoms with Crippen molar-refractivity contribution in [3.05, 3.63) is 30.5 Å². The summed E-state index contributed by atoms with van der Waals surface area (Å²) in [6.45, 7) is 3.42. The van der Waals surface area contributed by atoms with Gasteiger partial charge in [-0.25, -0.2) is 9.97 Å². The maximum atomic E-state index is 5.75. The van der Waals surface area contributed by atoms with Crippen LogP contribution >= 0.6 is 0 Å². The fourth-order valence-corrected chi connectivity index (χ4v) is 1.95. The number of ether oxygens (including phenoxy) is 2. The first kappa shape index (κ1) is 11.8. The third kappa shape index (κ3) is 2.45. The summed E-state index contributed by atoms with van der Waals surface area (Å²) in [5.41, 5.74) is 7.31. The lowest BCUT2D eigenvalue weighted by molar-refractivity contribution is 0.228. The highest BCUT2D eigenvalue weighted by Crippen LogP contribution is 2.34. The molecule has 0 saturated heterocycles. The number of benzene rings is 1. The van der Waals surface area contributed by atoms with Gasteiger partial charge in [-0.3, -0.25) is 0 Å². The number of hydrogen-bond acceptors (Lipinski definition) is 5. The van der Waals surface area contributed by atoms with Crippen molar-refractivity contribution >= 4 is 5.95 Å². The van der Waals surface area contributed by atoms with E-state index in [1.807, 2.05) is 24.3 Å². The largest absolute Gasteiger partial charge is 0.489 e. The van der Waals surface area contributed by atoms with Gasteiger partial charge in [0.05, 0.1) is 18.9 Å². The number of aromatic nitrogens is 2. The Bertz CT molecular complexity index is 601. The molecule has 0 saturated carbocycles. The van der Waals surface area contributed by atoms with Crippen LogP contribution in [0.15, 0.2) is 30.5 Å². The number of hydrogen-bond donors (Lipinski definition) is 1. The van der Waals surface area contributed by atoms with Gasteiger partial charge >= 0.3 is 0 Å². The second-order valence-electron chi connectivity index (χ2n) is 4.69. The molecule has 2 N–H and O–H groups in total. The zero-order chi connectivity index (χ0) is 13.2. The van der Waals surface area contributed by atoms with Crippen LogP contribution in [0.25, 0.3) is 11.3 Å². The van der Waals surface area contributed by atoms with Crippen molar-refractivity contribution < 1.29 is 9.47 Å². The van der Waals surface area contributed by atoms with E-state index in [1.54, 1.807) is 6.20 Å². The monoisotopic (exact) mass is 257 g/mol. The molecule has 0 radical (unpaired) electrons. The van der Waals surface area contributed by atoms with Crippen LogP contribution in [0.1, 0.15) is 6.92 Å². The first-order valence-electron chi connectivity index (χ1n) is 6.21. The zero-order valence-corrected chi connectivity index (χ0v) is 10.7. The van der Waals surface area contributed by atoms with Gasteiger partial charge in [0.25, 0.3) is 0 Å². The van der Waals surface area contributed by atoms with E-state index in [-0.39, 0.29) is 5.95 Å². The quantitative estimate of drug-likeness (QED) is 0.847. The molecule has 1 aliphatic rings. The average Bonchev–Trinajstić information content (AvgIpc) is 2.61. The van der Waals surface area contributed by atoms with Gasteiger partial charge in [-0.15, -0.1) is 0 Å². The van der Waals surface area contributed by atoms with Crippen molar-refractivity contribution in [1.29, 1.82) is 0 Å². The zero-order valence-electron chi connectivity index (χ0n) is 10.7. The van der Waals surface area contributed by atoms with E-state index < -0.39 is 0 Å². The molecule has 19 heavy (non-hydrogen) atoms. The molecule has 0 bridgehead atoms. The van der Waals surface area contributed by atoms with E-state index in [1.165, 1.54) is 0 Å². The van der Waals surface area contributed by atoms with Crippen LogP contribution in [0.4, 0.5) is 5.95 Å². The predicted molar refractivity (Wildman–Crippen MR) is 72.0 cm³/mol. The van der Waals surface area contributed by atoms with Gasteiger partial charge < -0.3 is 15.2 Å². The smallest absolute Gasteiger partial charge is 0.220 e. The lowest BCUT2D eigenvalue weighted by Crippen LogP contribution is -2.12. The minimum Gasteiger partial charge on any atom is -0.489 e. The van der Waals surface area contributed by atoms with Crippen LogP contribution in [0.2, 0.25) is 0 Å². The van der Waals surface area contributed by atoms with Crippen molar-refractivity contribution in [2.75, 3.05) is 18.9 Å². The lowest BCUT2D eigenvalue weighted by Gasteiger charge is -2.09. The Labute approximate surface area is 111 Å². The molecule has 5 nitrogen and oxygen atoms in total. The van der Waals surface area contributed by atoms with Crippen molar-refractivity contribution in [3.63, 3.8) is 0 Å². The molecule has 1 unspecified atom stereocenters. The lowest BCUT2D eigenvalue weighted by atomic mass is 10.1. The van der Waals surface area contributed by atoms with Crippen LogP contribution in [-0.2, 0) is 0 Å². The van der Waals surface area contributed by atoms with Crippen molar-refractivity contribution in [2.45, 2.75) is 6.92 Å². The summed E-state index contributed by atoms with van der Waals surface area (Å²) in [5.74, 6) is 2.16. The molecule has 1 aliphatic heterocycles. The first-order chi connectivity index (χ1) is 9.22. The van der Waals surface area contributed by atoms with Crippen LogP contribution in [-0.4, -0.2) is 23.2 Å². The minimum absolute atomic E-state index is 0.262. The number of nitrogens with two attached hydrogens (primary N) is 1. The van der Waals surface area contributed by atoms with Crippen molar-refractivity contribution in [2.24, 2.45) is 5.92 Å². The summed E-state index contributed by atoms with van der Waals surface area (Å²) in [4.78, 5) is 8.09. The van der Waals surface area contributed by atoms with E-state index in [9.17, 15) is 0 Å². The second kappa shape index (κ2) is 4.76. The molecule has 0 aliphatic carbocycles. The molecule has 1 aromatic carbocycles. The van der Waals surface area contributed by atoms with Gasteiger partial charge in [0.1, 0.15) is 0 Å². The molecule has 2 heterocycles. The standard InChI is InChI=1S/C14H15N3O2/c1-9-7-18-12-3-2-10(6-13(12)19-8-9)11-4-5-16-14(15)17-11/h2-6,9H,7-8H2,1H3,(H2,15,16,17). The van der Waals surface area contributed by atoms with E-state index in [0.717, 1.165) is 22.8 Å². The van der Waals surface area contributed by atoms with Crippen LogP contribution in [0.3, 0.4) is 0 Å². The number of fused-ring (bicyclic) bond motifs is 1. The van der Waals surface area contributed by atoms with E-state index >= 15 is 0 Å². The first-order valence-corrected chi connectivity index (χ1v) is 6.21. The number of rotatable bonds is 1. The highest BCUT2D eigenvalue weighted by molar-refractivity contribution is 5.64. The minimum atomic E-state index is 0.262. The number of nitrogens with zero attached hydrogens (tertiary/aromatic N) is 2. The van der Waals surface area contributed by atoms with Gasteiger partial charge in [-0.2, -0.15) is 0 Å². The maximum Gasteiger partial charge on any atom is 0.220 e. The molecule has 0 spiro atoms. The molecular weight excluding hydrogens is 242 g/mol.